The first-order chi connectivity index (χ1) is 6.15. The normalized spacial score (nSPS) is 9.00. The van der Waals surface area contributed by atoms with Crippen LogP contribution in [0.1, 0.15) is 10.4 Å². The molecule has 0 saturated carbocycles. The van der Waals surface area contributed by atoms with Crippen molar-refractivity contribution in [1.82, 2.24) is 0 Å². The van der Waals surface area contributed by atoms with Crippen LogP contribution in [-0.4, -0.2) is 17.2 Å². The van der Waals surface area contributed by atoms with Gasteiger partial charge in [0, 0.05) is 0 Å². The maximum Gasteiger partial charge on any atom is 0.338 e. The van der Waals surface area contributed by atoms with Crippen molar-refractivity contribution in [2.45, 2.75) is 0 Å². The maximum atomic E-state index is 12.7. The number of carboxylic acid groups (broad SMARTS) is 1. The van der Waals surface area contributed by atoms with Gasteiger partial charge in [-0.15, -0.1) is 0 Å². The monoisotopic (exact) mass is 181 g/mol. The number of nitrogens with zero attached hydrogens (tertiary/aromatic N) is 1. The SMILES string of the molecule is O=C=Nc1ccc(F)c(C(=O)O)c1. The minimum atomic E-state index is -1.40. The summed E-state index contributed by atoms with van der Waals surface area (Å²) in [6.45, 7) is 0. The zero-order chi connectivity index (χ0) is 9.84. The van der Waals surface area contributed by atoms with E-state index in [1.807, 2.05) is 0 Å². The van der Waals surface area contributed by atoms with Crippen LogP contribution in [0.3, 0.4) is 0 Å². The first-order valence-electron chi connectivity index (χ1n) is 3.26. The van der Waals surface area contributed by atoms with Gasteiger partial charge in [-0.2, -0.15) is 4.99 Å². The Morgan fingerprint density at radius 2 is 2.23 bits per heavy atom. The summed E-state index contributed by atoms with van der Waals surface area (Å²) in [5.74, 6) is -2.27. The van der Waals surface area contributed by atoms with E-state index in [1.54, 1.807) is 0 Å². The highest BCUT2D eigenvalue weighted by molar-refractivity contribution is 5.89. The van der Waals surface area contributed by atoms with E-state index in [2.05, 4.69) is 4.99 Å². The molecule has 5 heteroatoms. The van der Waals surface area contributed by atoms with Gasteiger partial charge in [-0.3, -0.25) is 0 Å². The van der Waals surface area contributed by atoms with Crippen LogP contribution < -0.4 is 0 Å². The number of hydrogen-bond donors (Lipinski definition) is 1. The molecule has 0 amide bonds. The van der Waals surface area contributed by atoms with Crippen LogP contribution in [0, 0.1) is 5.82 Å². The van der Waals surface area contributed by atoms with Crippen molar-refractivity contribution in [3.05, 3.63) is 29.6 Å². The van der Waals surface area contributed by atoms with Gasteiger partial charge >= 0.3 is 5.97 Å². The average molecular weight is 181 g/mol. The molecule has 1 aromatic carbocycles. The van der Waals surface area contributed by atoms with Gasteiger partial charge < -0.3 is 5.11 Å². The molecule has 0 unspecified atom stereocenters. The number of hydrogen-bond acceptors (Lipinski definition) is 3. The summed E-state index contributed by atoms with van der Waals surface area (Å²) >= 11 is 0. The molecule has 13 heavy (non-hydrogen) atoms. The van der Waals surface area contributed by atoms with E-state index in [-0.39, 0.29) is 5.69 Å². The van der Waals surface area contributed by atoms with Gasteiger partial charge in [-0.25, -0.2) is 14.0 Å². The highest BCUT2D eigenvalue weighted by atomic mass is 19.1. The summed E-state index contributed by atoms with van der Waals surface area (Å²) in [7, 11) is 0. The van der Waals surface area contributed by atoms with Crippen LogP contribution >= 0.6 is 0 Å². The van der Waals surface area contributed by atoms with Crippen LogP contribution in [0.25, 0.3) is 0 Å². The summed E-state index contributed by atoms with van der Waals surface area (Å²) in [6, 6.07) is 3.08. The molecule has 1 aromatic rings. The zero-order valence-corrected chi connectivity index (χ0v) is 6.32. The van der Waals surface area contributed by atoms with Crippen molar-refractivity contribution in [2.24, 2.45) is 4.99 Å². The molecule has 0 aromatic heterocycles. The number of carboxylic acids is 1. The van der Waals surface area contributed by atoms with Crippen molar-refractivity contribution >= 4 is 17.7 Å². The summed E-state index contributed by atoms with van der Waals surface area (Å²) in [6.07, 6.45) is 1.23. The third-order valence-electron chi connectivity index (χ3n) is 1.36. The number of isocyanates is 1. The zero-order valence-electron chi connectivity index (χ0n) is 6.32. The fourth-order valence-corrected chi connectivity index (χ4v) is 0.799. The van der Waals surface area contributed by atoms with Gasteiger partial charge in [0.15, 0.2) is 0 Å². The molecule has 0 fully saturated rings. The van der Waals surface area contributed by atoms with Crippen molar-refractivity contribution in [3.63, 3.8) is 0 Å². The Morgan fingerprint density at radius 1 is 1.54 bits per heavy atom. The molecule has 0 heterocycles. The van der Waals surface area contributed by atoms with E-state index >= 15 is 0 Å². The second-order valence-electron chi connectivity index (χ2n) is 2.17. The first-order valence-corrected chi connectivity index (χ1v) is 3.26. The second-order valence-corrected chi connectivity index (χ2v) is 2.17. The minimum absolute atomic E-state index is 0.0637. The fraction of sp³-hybridized carbons (Fsp3) is 0. The molecule has 0 aliphatic heterocycles. The lowest BCUT2D eigenvalue weighted by Crippen LogP contribution is -1.99. The molecule has 0 spiro atoms. The Hall–Kier alpha value is -2.00. The fourth-order valence-electron chi connectivity index (χ4n) is 0.799. The van der Waals surface area contributed by atoms with Crippen LogP contribution in [0.4, 0.5) is 10.1 Å². The van der Waals surface area contributed by atoms with Crippen molar-refractivity contribution in [1.29, 1.82) is 0 Å². The number of benzene rings is 1. The van der Waals surface area contributed by atoms with Gasteiger partial charge in [0.25, 0.3) is 0 Å². The standard InChI is InChI=1S/C8H4FNO3/c9-7-2-1-5(10-4-11)3-6(7)8(12)13/h1-3H,(H,12,13). The number of aromatic carboxylic acids is 1. The summed E-state index contributed by atoms with van der Waals surface area (Å²) in [4.78, 5) is 23.4. The molecular formula is C8H4FNO3. The number of carbonyl (C=O) groups excluding carboxylic acids is 1. The molecule has 0 saturated heterocycles. The van der Waals surface area contributed by atoms with Gasteiger partial charge in [0.1, 0.15) is 5.82 Å². The van der Waals surface area contributed by atoms with Gasteiger partial charge in [-0.05, 0) is 18.2 Å². The molecule has 0 atom stereocenters. The van der Waals surface area contributed by atoms with Crippen LogP contribution in [0.2, 0.25) is 0 Å². The van der Waals surface area contributed by atoms with Crippen molar-refractivity contribution in [2.75, 3.05) is 0 Å². The Labute approximate surface area is 72.3 Å². The number of rotatable bonds is 2. The largest absolute Gasteiger partial charge is 0.478 e. The van der Waals surface area contributed by atoms with E-state index in [0.29, 0.717) is 0 Å². The molecule has 1 rings (SSSR count). The minimum Gasteiger partial charge on any atom is -0.478 e. The van der Waals surface area contributed by atoms with E-state index in [1.165, 1.54) is 12.1 Å². The maximum absolute atomic E-state index is 12.7. The number of halogens is 1. The average Bonchev–Trinajstić information content (AvgIpc) is 2.08. The van der Waals surface area contributed by atoms with E-state index in [0.717, 1.165) is 12.1 Å². The lowest BCUT2D eigenvalue weighted by atomic mass is 10.2. The molecule has 4 nitrogen and oxygen atoms in total. The third kappa shape index (κ3) is 1.98. The summed E-state index contributed by atoms with van der Waals surface area (Å²) < 4.78 is 12.7. The van der Waals surface area contributed by atoms with Crippen molar-refractivity contribution < 1.29 is 19.1 Å². The lowest BCUT2D eigenvalue weighted by molar-refractivity contribution is 0.0692. The topological polar surface area (TPSA) is 66.7 Å². The number of aliphatic imine (C=N–C) groups is 1. The van der Waals surface area contributed by atoms with E-state index in [4.69, 9.17) is 5.11 Å². The second kappa shape index (κ2) is 3.60. The quantitative estimate of drug-likeness (QED) is 0.555. The highest BCUT2D eigenvalue weighted by Gasteiger charge is 2.09. The third-order valence-corrected chi connectivity index (χ3v) is 1.36. The van der Waals surface area contributed by atoms with Crippen LogP contribution in [0.15, 0.2) is 23.2 Å². The Morgan fingerprint density at radius 3 is 2.77 bits per heavy atom. The Balaban J connectivity index is 3.26. The van der Waals surface area contributed by atoms with Crippen LogP contribution in [0.5, 0.6) is 0 Å². The predicted molar refractivity (Wildman–Crippen MR) is 41.1 cm³/mol. The number of carbonyl (C=O) groups is 1. The smallest absolute Gasteiger partial charge is 0.338 e. The van der Waals surface area contributed by atoms with Crippen molar-refractivity contribution in [3.8, 4) is 0 Å². The highest BCUT2D eigenvalue weighted by Crippen LogP contribution is 2.16. The molecule has 1 N–H and O–H groups in total. The summed E-state index contributed by atoms with van der Waals surface area (Å²) in [5.41, 5.74) is -0.453. The molecule has 0 aliphatic carbocycles. The molecule has 0 aliphatic rings. The predicted octanol–water partition coefficient (Wildman–Crippen LogP) is 1.49. The van der Waals surface area contributed by atoms with Gasteiger partial charge in [-0.1, -0.05) is 0 Å². The molecule has 0 radical (unpaired) electrons. The molecule has 0 bridgehead atoms. The molecule has 66 valence electrons. The van der Waals surface area contributed by atoms with Gasteiger partial charge in [0.2, 0.25) is 6.08 Å². The Kier molecular flexibility index (Phi) is 2.52. The van der Waals surface area contributed by atoms with Crippen LogP contribution in [-0.2, 0) is 4.79 Å². The van der Waals surface area contributed by atoms with E-state index < -0.39 is 17.3 Å². The summed E-state index contributed by atoms with van der Waals surface area (Å²) in [5, 5.41) is 8.48. The van der Waals surface area contributed by atoms with Gasteiger partial charge in [0.05, 0.1) is 11.3 Å². The lowest BCUT2D eigenvalue weighted by Gasteiger charge is -1.96. The first kappa shape index (κ1) is 9.09. The molecular weight excluding hydrogens is 177 g/mol. The van der Waals surface area contributed by atoms with E-state index in [9.17, 15) is 14.0 Å². The Bertz CT molecular complexity index is 396.